The molecule has 0 spiro atoms. The molecule has 168 valence electrons. The Kier molecular flexibility index (Phi) is 7.54. The summed E-state index contributed by atoms with van der Waals surface area (Å²) in [6, 6.07) is 9.80. The topological polar surface area (TPSA) is 81.0 Å². The Hall–Kier alpha value is -3.15. The summed E-state index contributed by atoms with van der Waals surface area (Å²) < 4.78 is 5.50. The van der Waals surface area contributed by atoms with Crippen LogP contribution in [0.25, 0.3) is 5.57 Å². The van der Waals surface area contributed by atoms with Gasteiger partial charge in [-0.05, 0) is 67.0 Å². The summed E-state index contributed by atoms with van der Waals surface area (Å²) in [5.41, 5.74) is 5.38. The van der Waals surface area contributed by atoms with Crippen LogP contribution >= 0.6 is 0 Å². The molecule has 2 aliphatic rings. The van der Waals surface area contributed by atoms with Crippen LogP contribution in [-0.2, 0) is 16.1 Å². The van der Waals surface area contributed by atoms with Crippen molar-refractivity contribution in [2.75, 3.05) is 13.2 Å². The van der Waals surface area contributed by atoms with Crippen LogP contribution in [-0.4, -0.2) is 35.0 Å². The van der Waals surface area contributed by atoms with E-state index in [1.807, 2.05) is 30.5 Å². The maximum atomic E-state index is 10.9. The van der Waals surface area contributed by atoms with Gasteiger partial charge in [0.25, 0.3) is 0 Å². The third-order valence-corrected chi connectivity index (χ3v) is 6.23. The number of allylic oxidation sites excluding steroid dienone is 1. The molecule has 1 saturated carbocycles. The molecule has 1 aromatic carbocycles. The molecule has 1 aromatic heterocycles. The van der Waals surface area contributed by atoms with Gasteiger partial charge in [-0.15, -0.1) is 0 Å². The number of nitrogens with zero attached hydrogens (tertiary/aromatic N) is 2. The quantitative estimate of drug-likeness (QED) is 0.330. The van der Waals surface area contributed by atoms with Crippen LogP contribution in [0.2, 0.25) is 0 Å². The molecule has 0 unspecified atom stereocenters. The first-order valence-electron chi connectivity index (χ1n) is 11.5. The molecule has 0 saturated heterocycles. The lowest BCUT2D eigenvalue weighted by Crippen LogP contribution is -2.12. The number of hydrogen-bond acceptors (Lipinski definition) is 5. The molecule has 0 aliphatic heterocycles. The number of pyridine rings is 1. The normalized spacial score (nSPS) is 17.9. The lowest BCUT2D eigenvalue weighted by atomic mass is 9.86. The molecule has 0 radical (unpaired) electrons. The van der Waals surface area contributed by atoms with Crippen LogP contribution in [0.5, 0.6) is 5.75 Å². The van der Waals surface area contributed by atoms with E-state index in [4.69, 9.17) is 14.7 Å². The van der Waals surface area contributed by atoms with Crippen LogP contribution in [0.3, 0.4) is 0 Å². The van der Waals surface area contributed by atoms with E-state index in [9.17, 15) is 4.79 Å². The van der Waals surface area contributed by atoms with Crippen molar-refractivity contribution in [1.29, 1.82) is 0 Å². The number of rotatable bonds is 9. The van der Waals surface area contributed by atoms with Gasteiger partial charge in [-0.2, -0.15) is 0 Å². The fraction of sp³-hybridized carbons (Fsp3) is 0.423. The molecule has 6 nitrogen and oxygen atoms in total. The Morgan fingerprint density at radius 1 is 1.16 bits per heavy atom. The first kappa shape index (κ1) is 22.1. The minimum absolute atomic E-state index is 0.328. The molecule has 2 aliphatic carbocycles. The summed E-state index contributed by atoms with van der Waals surface area (Å²) >= 11 is 0. The van der Waals surface area contributed by atoms with E-state index in [1.54, 1.807) is 6.20 Å². The maximum absolute atomic E-state index is 10.9. The van der Waals surface area contributed by atoms with Crippen molar-refractivity contribution in [2.45, 2.75) is 51.4 Å². The SMILES string of the molecule is O=C(O)COc1cccc2c1CCC/C2=C/CO/N=C(/CC1CCCC1)c1cccnc1. The summed E-state index contributed by atoms with van der Waals surface area (Å²) in [7, 11) is 0. The second-order valence-electron chi connectivity index (χ2n) is 8.48. The monoisotopic (exact) mass is 434 g/mol. The standard InChI is InChI=1S/C26H30N2O4/c29-26(30)18-31-25-12-4-10-22-20(8-3-11-23(22)25)13-15-32-28-24(16-19-6-1-2-7-19)21-9-5-14-27-17-21/h4-5,9-10,12-14,17,19H,1-3,6-8,11,15-16,18H2,(H,29,30)/b20-13-,28-24-. The minimum Gasteiger partial charge on any atom is -0.482 e. The average molecular weight is 435 g/mol. The molecule has 1 heterocycles. The van der Waals surface area contributed by atoms with Crippen molar-refractivity contribution in [2.24, 2.45) is 11.1 Å². The van der Waals surface area contributed by atoms with E-state index < -0.39 is 5.97 Å². The lowest BCUT2D eigenvalue weighted by molar-refractivity contribution is -0.139. The van der Waals surface area contributed by atoms with Gasteiger partial charge in [-0.1, -0.05) is 43.0 Å². The zero-order valence-corrected chi connectivity index (χ0v) is 18.3. The fourth-order valence-electron chi connectivity index (χ4n) is 4.68. The predicted molar refractivity (Wildman–Crippen MR) is 124 cm³/mol. The predicted octanol–water partition coefficient (Wildman–Crippen LogP) is 5.27. The first-order valence-corrected chi connectivity index (χ1v) is 11.5. The highest BCUT2D eigenvalue weighted by Gasteiger charge is 2.20. The zero-order valence-electron chi connectivity index (χ0n) is 18.3. The third kappa shape index (κ3) is 5.75. The van der Waals surface area contributed by atoms with Gasteiger partial charge in [-0.25, -0.2) is 4.79 Å². The lowest BCUT2D eigenvalue weighted by Gasteiger charge is -2.21. The Labute approximate surface area is 189 Å². The molecular formula is C26H30N2O4. The second-order valence-corrected chi connectivity index (χ2v) is 8.48. The molecule has 0 bridgehead atoms. The number of ether oxygens (including phenoxy) is 1. The first-order chi connectivity index (χ1) is 15.7. The van der Waals surface area contributed by atoms with E-state index in [-0.39, 0.29) is 6.61 Å². The Balaban J connectivity index is 1.45. The molecule has 4 rings (SSSR count). The number of fused-ring (bicyclic) bond motifs is 1. The largest absolute Gasteiger partial charge is 0.482 e. The Bertz CT molecular complexity index is 979. The number of carboxylic acids is 1. The van der Waals surface area contributed by atoms with Gasteiger partial charge in [0.2, 0.25) is 0 Å². The Morgan fingerprint density at radius 2 is 2.03 bits per heavy atom. The van der Waals surface area contributed by atoms with Crippen LogP contribution in [0.4, 0.5) is 0 Å². The highest BCUT2D eigenvalue weighted by Crippen LogP contribution is 2.36. The third-order valence-electron chi connectivity index (χ3n) is 6.23. The van der Waals surface area contributed by atoms with Crippen molar-refractivity contribution in [1.82, 2.24) is 4.98 Å². The zero-order chi connectivity index (χ0) is 22.2. The van der Waals surface area contributed by atoms with E-state index in [0.29, 0.717) is 18.3 Å². The number of aliphatic carboxylic acids is 1. The van der Waals surface area contributed by atoms with Gasteiger partial charge in [0, 0.05) is 23.5 Å². The second kappa shape index (κ2) is 10.9. The van der Waals surface area contributed by atoms with E-state index in [1.165, 1.54) is 31.3 Å². The summed E-state index contributed by atoms with van der Waals surface area (Å²) in [6.07, 6.45) is 14.6. The van der Waals surface area contributed by atoms with Crippen molar-refractivity contribution < 1.29 is 19.5 Å². The van der Waals surface area contributed by atoms with Crippen LogP contribution in [0, 0.1) is 5.92 Å². The summed E-state index contributed by atoms with van der Waals surface area (Å²) in [5, 5.41) is 13.4. The van der Waals surface area contributed by atoms with Gasteiger partial charge in [0.05, 0.1) is 5.71 Å². The number of benzene rings is 1. The smallest absolute Gasteiger partial charge is 0.341 e. The average Bonchev–Trinajstić information content (AvgIpc) is 3.33. The summed E-state index contributed by atoms with van der Waals surface area (Å²) in [5.74, 6) is 0.359. The van der Waals surface area contributed by atoms with Gasteiger partial charge < -0.3 is 14.7 Å². The number of carbonyl (C=O) groups is 1. The molecule has 32 heavy (non-hydrogen) atoms. The Morgan fingerprint density at radius 3 is 2.81 bits per heavy atom. The number of oxime groups is 1. The molecule has 0 amide bonds. The number of hydrogen-bond donors (Lipinski definition) is 1. The highest BCUT2D eigenvalue weighted by atomic mass is 16.6. The van der Waals surface area contributed by atoms with Crippen molar-refractivity contribution >= 4 is 17.3 Å². The summed E-state index contributed by atoms with van der Waals surface area (Å²) in [4.78, 5) is 20.9. The number of carboxylic acid groups (broad SMARTS) is 1. The van der Waals surface area contributed by atoms with E-state index in [2.05, 4.69) is 22.3 Å². The van der Waals surface area contributed by atoms with Crippen molar-refractivity contribution in [3.63, 3.8) is 0 Å². The number of aromatic nitrogens is 1. The van der Waals surface area contributed by atoms with Gasteiger partial charge >= 0.3 is 5.97 Å². The van der Waals surface area contributed by atoms with Crippen LogP contribution in [0.15, 0.2) is 54.0 Å². The molecule has 1 fully saturated rings. The fourth-order valence-corrected chi connectivity index (χ4v) is 4.68. The van der Waals surface area contributed by atoms with Crippen LogP contribution < -0.4 is 4.74 Å². The highest BCUT2D eigenvalue weighted by molar-refractivity contribution is 6.00. The molecule has 0 atom stereocenters. The van der Waals surface area contributed by atoms with E-state index >= 15 is 0 Å². The molecular weight excluding hydrogens is 404 g/mol. The van der Waals surface area contributed by atoms with Crippen LogP contribution in [0.1, 0.15) is 61.6 Å². The molecule has 1 N–H and O–H groups in total. The molecule has 6 heteroatoms. The molecule has 2 aromatic rings. The minimum atomic E-state index is -0.970. The van der Waals surface area contributed by atoms with Gasteiger partial charge in [-0.3, -0.25) is 4.98 Å². The van der Waals surface area contributed by atoms with Gasteiger partial charge in [0.15, 0.2) is 6.61 Å². The van der Waals surface area contributed by atoms with Crippen molar-refractivity contribution in [3.8, 4) is 5.75 Å². The maximum Gasteiger partial charge on any atom is 0.341 e. The van der Waals surface area contributed by atoms with Gasteiger partial charge in [0.1, 0.15) is 12.4 Å². The van der Waals surface area contributed by atoms with Crippen molar-refractivity contribution in [3.05, 3.63) is 65.5 Å². The summed E-state index contributed by atoms with van der Waals surface area (Å²) in [6.45, 7) is 0.0643. The van der Waals surface area contributed by atoms with E-state index in [0.717, 1.165) is 48.1 Å².